The summed E-state index contributed by atoms with van der Waals surface area (Å²) in [6.07, 6.45) is 0.183. The second-order valence-electron chi connectivity index (χ2n) is 4.30. The molecule has 0 fully saturated rings. The van der Waals surface area contributed by atoms with E-state index in [0.29, 0.717) is 16.3 Å². The lowest BCUT2D eigenvalue weighted by Gasteiger charge is -2.06. The third-order valence-electron chi connectivity index (χ3n) is 2.68. The number of carbonyl (C=O) groups is 2. The number of carbonyl (C=O) groups excluding carboxylic acids is 2. The fourth-order valence-corrected chi connectivity index (χ4v) is 1.93. The zero-order valence-corrected chi connectivity index (χ0v) is 11.4. The SMILES string of the molecule is NC(=O)Cc1ccc(NC(=O)c2cccc(Cl)c2)cc1. The minimum atomic E-state index is -0.388. The summed E-state index contributed by atoms with van der Waals surface area (Å²) >= 11 is 5.84. The first-order valence-electron chi connectivity index (χ1n) is 5.99. The van der Waals surface area contributed by atoms with Crippen LogP contribution in [0.25, 0.3) is 0 Å². The van der Waals surface area contributed by atoms with Crippen LogP contribution in [0.15, 0.2) is 48.5 Å². The highest BCUT2D eigenvalue weighted by molar-refractivity contribution is 6.31. The van der Waals surface area contributed by atoms with E-state index >= 15 is 0 Å². The number of primary amides is 1. The molecular weight excluding hydrogens is 276 g/mol. The molecule has 20 heavy (non-hydrogen) atoms. The third kappa shape index (κ3) is 3.83. The van der Waals surface area contributed by atoms with Crippen molar-refractivity contribution in [2.45, 2.75) is 6.42 Å². The van der Waals surface area contributed by atoms with Gasteiger partial charge >= 0.3 is 0 Å². The van der Waals surface area contributed by atoms with Gasteiger partial charge in [-0.05, 0) is 35.9 Å². The molecule has 0 heterocycles. The third-order valence-corrected chi connectivity index (χ3v) is 2.91. The van der Waals surface area contributed by atoms with Gasteiger partial charge in [-0.3, -0.25) is 9.59 Å². The van der Waals surface area contributed by atoms with Gasteiger partial charge in [0.15, 0.2) is 0 Å². The Kier molecular flexibility index (Phi) is 4.38. The van der Waals surface area contributed by atoms with Gasteiger partial charge in [0.1, 0.15) is 0 Å². The molecule has 2 amide bonds. The number of benzene rings is 2. The van der Waals surface area contributed by atoms with Gasteiger partial charge in [-0.1, -0.05) is 29.8 Å². The van der Waals surface area contributed by atoms with Crippen LogP contribution in [0.2, 0.25) is 5.02 Å². The minimum Gasteiger partial charge on any atom is -0.369 e. The molecule has 3 N–H and O–H groups in total. The summed E-state index contributed by atoms with van der Waals surface area (Å²) in [5.74, 6) is -0.629. The maximum atomic E-state index is 12.0. The van der Waals surface area contributed by atoms with Gasteiger partial charge in [-0.25, -0.2) is 0 Å². The summed E-state index contributed by atoms with van der Waals surface area (Å²) in [4.78, 5) is 22.8. The van der Waals surface area contributed by atoms with E-state index in [-0.39, 0.29) is 18.2 Å². The Morgan fingerprint density at radius 2 is 1.80 bits per heavy atom. The lowest BCUT2D eigenvalue weighted by atomic mass is 10.1. The largest absolute Gasteiger partial charge is 0.369 e. The van der Waals surface area contributed by atoms with Crippen molar-refractivity contribution in [2.24, 2.45) is 5.73 Å². The highest BCUT2D eigenvalue weighted by Crippen LogP contribution is 2.14. The summed E-state index contributed by atoms with van der Waals surface area (Å²) < 4.78 is 0. The second kappa shape index (κ2) is 6.21. The summed E-state index contributed by atoms with van der Waals surface area (Å²) in [5, 5.41) is 3.26. The molecule has 0 bridgehead atoms. The second-order valence-corrected chi connectivity index (χ2v) is 4.74. The Bertz CT molecular complexity index is 639. The molecule has 4 nitrogen and oxygen atoms in total. The number of rotatable bonds is 4. The average Bonchev–Trinajstić information content (AvgIpc) is 2.40. The van der Waals surface area contributed by atoms with Gasteiger partial charge in [0, 0.05) is 16.3 Å². The standard InChI is InChI=1S/C15H13ClN2O2/c16-12-3-1-2-11(9-12)15(20)18-13-6-4-10(5-7-13)8-14(17)19/h1-7,9H,8H2,(H2,17,19)(H,18,20). The van der Waals surface area contributed by atoms with Crippen molar-refractivity contribution < 1.29 is 9.59 Å². The van der Waals surface area contributed by atoms with E-state index < -0.39 is 0 Å². The molecule has 0 unspecified atom stereocenters. The highest BCUT2D eigenvalue weighted by Gasteiger charge is 2.06. The maximum Gasteiger partial charge on any atom is 0.255 e. The molecule has 5 heteroatoms. The molecule has 102 valence electrons. The molecule has 0 atom stereocenters. The summed E-state index contributed by atoms with van der Waals surface area (Å²) in [6, 6.07) is 13.6. The molecule has 0 radical (unpaired) electrons. The molecule has 0 aliphatic carbocycles. The van der Waals surface area contributed by atoms with Crippen molar-refractivity contribution in [2.75, 3.05) is 5.32 Å². The van der Waals surface area contributed by atoms with Crippen LogP contribution >= 0.6 is 11.6 Å². The van der Waals surface area contributed by atoms with Gasteiger partial charge < -0.3 is 11.1 Å². The molecule has 0 spiro atoms. The molecule has 0 saturated carbocycles. The molecule has 2 aromatic carbocycles. The van der Waals surface area contributed by atoms with Crippen LogP contribution < -0.4 is 11.1 Å². The maximum absolute atomic E-state index is 12.0. The van der Waals surface area contributed by atoms with E-state index in [1.54, 1.807) is 48.5 Å². The number of anilines is 1. The zero-order chi connectivity index (χ0) is 14.5. The van der Waals surface area contributed by atoms with Crippen LogP contribution in [0.3, 0.4) is 0 Å². The highest BCUT2D eigenvalue weighted by atomic mass is 35.5. The van der Waals surface area contributed by atoms with Crippen LogP contribution in [0.1, 0.15) is 15.9 Å². The smallest absolute Gasteiger partial charge is 0.255 e. The molecule has 2 aromatic rings. The summed E-state index contributed by atoms with van der Waals surface area (Å²) in [7, 11) is 0. The van der Waals surface area contributed by atoms with Crippen molar-refractivity contribution in [1.82, 2.24) is 0 Å². The van der Waals surface area contributed by atoms with Crippen LogP contribution in [0.4, 0.5) is 5.69 Å². The van der Waals surface area contributed by atoms with Crippen LogP contribution in [-0.4, -0.2) is 11.8 Å². The predicted molar refractivity (Wildman–Crippen MR) is 78.7 cm³/mol. The first-order valence-corrected chi connectivity index (χ1v) is 6.36. The van der Waals surface area contributed by atoms with Crippen LogP contribution in [-0.2, 0) is 11.2 Å². The van der Waals surface area contributed by atoms with Gasteiger partial charge in [0.25, 0.3) is 5.91 Å². The Balaban J connectivity index is 2.06. The van der Waals surface area contributed by atoms with Gasteiger partial charge in [0.05, 0.1) is 6.42 Å². The van der Waals surface area contributed by atoms with Gasteiger partial charge in [0.2, 0.25) is 5.91 Å². The minimum absolute atomic E-state index is 0.183. The van der Waals surface area contributed by atoms with Gasteiger partial charge in [-0.2, -0.15) is 0 Å². The lowest BCUT2D eigenvalue weighted by Crippen LogP contribution is -2.14. The average molecular weight is 289 g/mol. The molecule has 0 aliphatic rings. The first-order chi connectivity index (χ1) is 9.54. The molecule has 2 rings (SSSR count). The van der Waals surface area contributed by atoms with E-state index in [9.17, 15) is 9.59 Å². The van der Waals surface area contributed by atoms with Crippen molar-refractivity contribution in [3.8, 4) is 0 Å². The molecule has 0 saturated heterocycles. The number of halogens is 1. The fourth-order valence-electron chi connectivity index (χ4n) is 1.74. The Morgan fingerprint density at radius 1 is 1.10 bits per heavy atom. The normalized spacial score (nSPS) is 10.1. The van der Waals surface area contributed by atoms with Crippen molar-refractivity contribution in [1.29, 1.82) is 0 Å². The number of nitrogens with two attached hydrogens (primary N) is 1. The van der Waals surface area contributed by atoms with E-state index in [4.69, 9.17) is 17.3 Å². The molecule has 0 aliphatic heterocycles. The Labute approximate surface area is 121 Å². The molecular formula is C15H13ClN2O2. The quantitative estimate of drug-likeness (QED) is 0.908. The summed E-state index contributed by atoms with van der Waals surface area (Å²) in [5.41, 5.74) is 7.04. The van der Waals surface area contributed by atoms with Crippen LogP contribution in [0, 0.1) is 0 Å². The van der Waals surface area contributed by atoms with E-state index in [2.05, 4.69) is 5.32 Å². The zero-order valence-electron chi connectivity index (χ0n) is 10.6. The van der Waals surface area contributed by atoms with E-state index in [1.165, 1.54) is 0 Å². The lowest BCUT2D eigenvalue weighted by molar-refractivity contribution is -0.117. The van der Waals surface area contributed by atoms with Crippen molar-refractivity contribution in [3.05, 3.63) is 64.7 Å². The van der Waals surface area contributed by atoms with Crippen molar-refractivity contribution >= 4 is 29.1 Å². The number of amides is 2. The first kappa shape index (κ1) is 14.1. The Hall–Kier alpha value is -2.33. The predicted octanol–water partition coefficient (Wildman–Crippen LogP) is 2.62. The number of hydrogen-bond donors (Lipinski definition) is 2. The number of nitrogens with one attached hydrogen (secondary N) is 1. The fraction of sp³-hybridized carbons (Fsp3) is 0.0667. The van der Waals surface area contributed by atoms with E-state index in [1.807, 2.05) is 0 Å². The van der Waals surface area contributed by atoms with Crippen LogP contribution in [0.5, 0.6) is 0 Å². The Morgan fingerprint density at radius 3 is 2.40 bits per heavy atom. The topological polar surface area (TPSA) is 72.2 Å². The number of hydrogen-bond acceptors (Lipinski definition) is 2. The summed E-state index contributed by atoms with van der Waals surface area (Å²) in [6.45, 7) is 0. The monoisotopic (exact) mass is 288 g/mol. The molecule has 0 aromatic heterocycles. The van der Waals surface area contributed by atoms with Gasteiger partial charge in [-0.15, -0.1) is 0 Å². The van der Waals surface area contributed by atoms with Crippen molar-refractivity contribution in [3.63, 3.8) is 0 Å². The van der Waals surface area contributed by atoms with E-state index in [0.717, 1.165) is 5.56 Å².